The van der Waals surface area contributed by atoms with Crippen molar-refractivity contribution in [1.29, 1.82) is 0 Å². The first kappa shape index (κ1) is 17.7. The number of amides is 2. The van der Waals surface area contributed by atoms with Crippen molar-refractivity contribution in [2.75, 3.05) is 32.5 Å². The van der Waals surface area contributed by atoms with Crippen LogP contribution in [0.5, 0.6) is 0 Å². The number of hydrogen-bond acceptors (Lipinski definition) is 5. The van der Waals surface area contributed by atoms with E-state index in [0.717, 1.165) is 5.56 Å². The van der Waals surface area contributed by atoms with Gasteiger partial charge in [-0.2, -0.15) is 0 Å². The van der Waals surface area contributed by atoms with Gasteiger partial charge in [0.1, 0.15) is 5.76 Å². The van der Waals surface area contributed by atoms with Crippen LogP contribution in [0.25, 0.3) is 0 Å². The highest BCUT2D eigenvalue weighted by molar-refractivity contribution is 5.93. The molecule has 2 amide bonds. The molecule has 0 saturated carbocycles. The molecule has 1 heterocycles. The van der Waals surface area contributed by atoms with Crippen molar-refractivity contribution in [3.8, 4) is 0 Å². The minimum absolute atomic E-state index is 0.0378. The van der Waals surface area contributed by atoms with Crippen LogP contribution in [0.4, 0.5) is 5.82 Å². The van der Waals surface area contributed by atoms with Gasteiger partial charge in [0.05, 0.1) is 13.1 Å². The fourth-order valence-electron chi connectivity index (χ4n) is 2.21. The number of rotatable bonds is 7. The van der Waals surface area contributed by atoms with Gasteiger partial charge < -0.3 is 14.7 Å². The molecule has 128 valence electrons. The Labute approximate surface area is 141 Å². The van der Waals surface area contributed by atoms with Crippen LogP contribution in [-0.4, -0.2) is 54.0 Å². The second-order valence-corrected chi connectivity index (χ2v) is 5.78. The smallest absolute Gasteiger partial charge is 0.245 e. The molecule has 0 spiro atoms. The maximum absolute atomic E-state index is 12.2. The fraction of sp³-hybridized carbons (Fsp3) is 0.353. The SMILES string of the molecule is Cc1cc(NC(=O)CN(C)C(=O)CN(C)Cc2ccccc2)no1. The van der Waals surface area contributed by atoms with Gasteiger partial charge in [-0.3, -0.25) is 14.5 Å². The molecule has 0 saturated heterocycles. The largest absolute Gasteiger partial charge is 0.360 e. The van der Waals surface area contributed by atoms with Crippen LogP contribution in [-0.2, 0) is 16.1 Å². The Balaban J connectivity index is 1.77. The predicted molar refractivity (Wildman–Crippen MR) is 90.3 cm³/mol. The third-order valence-corrected chi connectivity index (χ3v) is 3.40. The average Bonchev–Trinajstić information content (AvgIpc) is 2.92. The van der Waals surface area contributed by atoms with Gasteiger partial charge in [0.25, 0.3) is 0 Å². The average molecular weight is 330 g/mol. The second-order valence-electron chi connectivity index (χ2n) is 5.78. The number of nitrogens with zero attached hydrogens (tertiary/aromatic N) is 3. The number of likely N-dealkylation sites (N-methyl/N-ethyl adjacent to an activating group) is 2. The Morgan fingerprint density at radius 1 is 1.17 bits per heavy atom. The van der Waals surface area contributed by atoms with E-state index in [1.807, 2.05) is 42.3 Å². The first-order valence-corrected chi connectivity index (χ1v) is 7.63. The molecule has 0 radical (unpaired) electrons. The number of aryl methyl sites for hydroxylation is 1. The summed E-state index contributed by atoms with van der Waals surface area (Å²) in [6.45, 7) is 2.61. The van der Waals surface area contributed by atoms with Crippen molar-refractivity contribution < 1.29 is 14.1 Å². The summed E-state index contributed by atoms with van der Waals surface area (Å²) in [5.74, 6) is 0.515. The topological polar surface area (TPSA) is 78.7 Å². The number of carbonyl (C=O) groups is 2. The van der Waals surface area contributed by atoms with Crippen molar-refractivity contribution >= 4 is 17.6 Å². The van der Waals surface area contributed by atoms with Gasteiger partial charge in [-0.05, 0) is 19.5 Å². The highest BCUT2D eigenvalue weighted by Gasteiger charge is 2.16. The lowest BCUT2D eigenvalue weighted by molar-refractivity contribution is -0.134. The number of benzene rings is 1. The van der Waals surface area contributed by atoms with Crippen molar-refractivity contribution in [3.05, 3.63) is 47.7 Å². The van der Waals surface area contributed by atoms with E-state index in [4.69, 9.17) is 4.52 Å². The molecule has 1 aromatic heterocycles. The van der Waals surface area contributed by atoms with Gasteiger partial charge in [-0.1, -0.05) is 35.5 Å². The second kappa shape index (κ2) is 8.26. The molecule has 0 fully saturated rings. The first-order valence-electron chi connectivity index (χ1n) is 7.63. The van der Waals surface area contributed by atoms with Crippen molar-refractivity contribution in [3.63, 3.8) is 0 Å². The summed E-state index contributed by atoms with van der Waals surface area (Å²) in [5, 5.41) is 6.27. The molecular weight excluding hydrogens is 308 g/mol. The van der Waals surface area contributed by atoms with Crippen LogP contribution < -0.4 is 5.32 Å². The van der Waals surface area contributed by atoms with E-state index in [1.54, 1.807) is 20.0 Å². The normalized spacial score (nSPS) is 10.7. The van der Waals surface area contributed by atoms with E-state index < -0.39 is 0 Å². The molecule has 0 unspecified atom stereocenters. The molecule has 7 heteroatoms. The quantitative estimate of drug-likeness (QED) is 0.832. The zero-order valence-electron chi connectivity index (χ0n) is 14.2. The predicted octanol–water partition coefficient (Wildman–Crippen LogP) is 1.51. The van der Waals surface area contributed by atoms with Gasteiger partial charge in [0, 0.05) is 19.7 Å². The Morgan fingerprint density at radius 3 is 2.50 bits per heavy atom. The maximum atomic E-state index is 12.2. The number of anilines is 1. The standard InChI is InChI=1S/C17H22N4O3/c1-13-9-15(19-24-13)18-16(22)11-21(3)17(23)12-20(2)10-14-7-5-4-6-8-14/h4-9H,10-12H2,1-3H3,(H,18,19,22). The summed E-state index contributed by atoms with van der Waals surface area (Å²) >= 11 is 0. The Kier molecular flexibility index (Phi) is 6.08. The summed E-state index contributed by atoms with van der Waals surface area (Å²) in [5.41, 5.74) is 1.13. The number of aromatic nitrogens is 1. The Hall–Kier alpha value is -2.67. The van der Waals surface area contributed by atoms with Crippen LogP contribution in [0, 0.1) is 6.92 Å². The molecule has 0 aliphatic rings. The van der Waals surface area contributed by atoms with Gasteiger partial charge in [-0.25, -0.2) is 0 Å². The molecule has 0 aliphatic heterocycles. The molecule has 0 aliphatic carbocycles. The Morgan fingerprint density at radius 2 is 1.88 bits per heavy atom. The molecule has 7 nitrogen and oxygen atoms in total. The maximum Gasteiger partial charge on any atom is 0.245 e. The van der Waals surface area contributed by atoms with E-state index in [2.05, 4.69) is 10.5 Å². The minimum atomic E-state index is -0.315. The van der Waals surface area contributed by atoms with E-state index in [1.165, 1.54) is 4.90 Å². The van der Waals surface area contributed by atoms with Crippen LogP contribution >= 0.6 is 0 Å². The molecule has 0 bridgehead atoms. The van der Waals surface area contributed by atoms with E-state index in [-0.39, 0.29) is 24.9 Å². The van der Waals surface area contributed by atoms with Crippen molar-refractivity contribution in [1.82, 2.24) is 15.0 Å². The Bertz CT molecular complexity index is 684. The summed E-state index contributed by atoms with van der Waals surface area (Å²) in [6, 6.07) is 11.5. The zero-order chi connectivity index (χ0) is 17.5. The zero-order valence-corrected chi connectivity index (χ0v) is 14.2. The molecule has 1 aromatic carbocycles. The molecule has 0 atom stereocenters. The van der Waals surface area contributed by atoms with Crippen LogP contribution in [0.3, 0.4) is 0 Å². The summed E-state index contributed by atoms with van der Waals surface area (Å²) in [6.07, 6.45) is 0. The monoisotopic (exact) mass is 330 g/mol. The number of nitrogens with one attached hydrogen (secondary N) is 1. The molecule has 2 aromatic rings. The highest BCUT2D eigenvalue weighted by atomic mass is 16.5. The van der Waals surface area contributed by atoms with Crippen molar-refractivity contribution in [2.45, 2.75) is 13.5 Å². The van der Waals surface area contributed by atoms with Crippen LogP contribution in [0.2, 0.25) is 0 Å². The lowest BCUT2D eigenvalue weighted by Crippen LogP contribution is -2.40. The van der Waals surface area contributed by atoms with Crippen LogP contribution in [0.1, 0.15) is 11.3 Å². The fourth-order valence-corrected chi connectivity index (χ4v) is 2.21. The van der Waals surface area contributed by atoms with Gasteiger partial charge in [0.2, 0.25) is 11.8 Å². The number of hydrogen-bond donors (Lipinski definition) is 1. The lowest BCUT2D eigenvalue weighted by Gasteiger charge is -2.21. The van der Waals surface area contributed by atoms with Crippen molar-refractivity contribution in [2.24, 2.45) is 0 Å². The summed E-state index contributed by atoms with van der Waals surface area (Å²) < 4.78 is 4.88. The third kappa shape index (κ3) is 5.51. The first-order chi connectivity index (χ1) is 11.4. The summed E-state index contributed by atoms with van der Waals surface area (Å²) in [7, 11) is 3.48. The van der Waals surface area contributed by atoms with Gasteiger partial charge in [-0.15, -0.1) is 0 Å². The molecule has 2 rings (SSSR count). The van der Waals surface area contributed by atoms with E-state index >= 15 is 0 Å². The molecular formula is C17H22N4O3. The molecule has 1 N–H and O–H groups in total. The third-order valence-electron chi connectivity index (χ3n) is 3.40. The van der Waals surface area contributed by atoms with Gasteiger partial charge in [0.15, 0.2) is 5.82 Å². The minimum Gasteiger partial charge on any atom is -0.360 e. The van der Waals surface area contributed by atoms with Gasteiger partial charge >= 0.3 is 0 Å². The van der Waals surface area contributed by atoms with E-state index in [9.17, 15) is 9.59 Å². The highest BCUT2D eigenvalue weighted by Crippen LogP contribution is 2.07. The number of carbonyl (C=O) groups excluding carboxylic acids is 2. The van der Waals surface area contributed by atoms with E-state index in [0.29, 0.717) is 18.1 Å². The molecule has 24 heavy (non-hydrogen) atoms. The van der Waals surface area contributed by atoms with Crippen LogP contribution in [0.15, 0.2) is 40.9 Å². The summed E-state index contributed by atoms with van der Waals surface area (Å²) in [4.78, 5) is 27.4. The lowest BCUT2D eigenvalue weighted by atomic mass is 10.2.